The lowest BCUT2D eigenvalue weighted by molar-refractivity contribution is -0.172. The Morgan fingerprint density at radius 1 is 0.882 bits per heavy atom. The van der Waals surface area contributed by atoms with Gasteiger partial charge in [0.1, 0.15) is 12.2 Å². The van der Waals surface area contributed by atoms with E-state index < -0.39 is 52.6 Å². The first-order valence-electron chi connectivity index (χ1n) is 17.7. The number of Topliss-reactive ketones (excluding diaryl/α,β-unsaturated/α-hetero) is 1. The van der Waals surface area contributed by atoms with Gasteiger partial charge in [-0.2, -0.15) is 0 Å². The van der Waals surface area contributed by atoms with E-state index in [1.54, 1.807) is 33.8 Å². The van der Waals surface area contributed by atoms with E-state index in [-0.39, 0.29) is 37.2 Å². The maximum Gasteiger partial charge on any atom is 0.407 e. The number of ether oxygens (including phenoxy) is 2. The quantitative estimate of drug-likeness (QED) is 0.0630. The van der Waals surface area contributed by atoms with Crippen LogP contribution in [0.4, 0.5) is 4.79 Å². The average molecular weight is 716 g/mol. The number of allylic oxidation sites excluding steroid dienone is 1. The molecule has 4 rings (SSSR count). The number of ketones is 1. The third kappa shape index (κ3) is 9.54. The van der Waals surface area contributed by atoms with Crippen molar-refractivity contribution in [2.45, 2.75) is 85.8 Å². The number of hydrogen-bond donors (Lipinski definition) is 3. The molecule has 4 N–H and O–H groups in total. The number of fused-ring (bicyclic) bond motifs is 3. The number of nitrogens with one attached hydrogen (secondary N) is 2. The normalized spacial score (nSPS) is 15.8. The van der Waals surface area contributed by atoms with Crippen LogP contribution in [0.1, 0.15) is 90.2 Å². The van der Waals surface area contributed by atoms with Crippen molar-refractivity contribution in [3.63, 3.8) is 0 Å². The maximum atomic E-state index is 15.1. The molecule has 0 fully saturated rings. The summed E-state index contributed by atoms with van der Waals surface area (Å²) >= 11 is 1.48. The van der Waals surface area contributed by atoms with Crippen LogP contribution < -0.4 is 16.6 Å². The van der Waals surface area contributed by atoms with Gasteiger partial charge in [0, 0.05) is 10.8 Å². The molecule has 10 heteroatoms. The molecular weight excluding hydrogens is 663 g/mol. The van der Waals surface area contributed by atoms with Gasteiger partial charge >= 0.3 is 12.1 Å². The summed E-state index contributed by atoms with van der Waals surface area (Å²) in [5, 5.41) is 4.69. The number of hydrazine groups is 1. The second kappa shape index (κ2) is 16.8. The van der Waals surface area contributed by atoms with Crippen molar-refractivity contribution < 1.29 is 28.7 Å². The Hall–Kier alpha value is -4.28. The van der Waals surface area contributed by atoms with Crippen LogP contribution in [0.3, 0.4) is 0 Å². The van der Waals surface area contributed by atoms with E-state index in [4.69, 9.17) is 15.3 Å². The number of alkyl carbamates (subject to hydrolysis) is 1. The predicted octanol–water partition coefficient (Wildman–Crippen LogP) is 7.90. The summed E-state index contributed by atoms with van der Waals surface area (Å²) in [6.45, 7) is 14.7. The SMILES string of the molecule is CC(C)C[C@@H](C(=O)NN)C(C(=O)OC(C)(C)C)C(/C=C/c1cccs1)(CC(C)C)C(=O)[C@@H](C)NC(=O)OCC1c2ccccc2-c2ccccc21. The molecule has 1 aromatic heterocycles. The van der Waals surface area contributed by atoms with Crippen molar-refractivity contribution in [1.29, 1.82) is 0 Å². The summed E-state index contributed by atoms with van der Waals surface area (Å²) in [4.78, 5) is 57.5. The molecule has 0 spiro atoms. The molecule has 0 saturated carbocycles. The molecular formula is C41H53N3O6S. The van der Waals surface area contributed by atoms with E-state index in [1.807, 2.05) is 87.7 Å². The van der Waals surface area contributed by atoms with Crippen LogP contribution in [0.25, 0.3) is 17.2 Å². The number of esters is 1. The van der Waals surface area contributed by atoms with Crippen molar-refractivity contribution in [3.8, 4) is 11.1 Å². The van der Waals surface area contributed by atoms with Gasteiger partial charge in [0.05, 0.1) is 23.3 Å². The summed E-state index contributed by atoms with van der Waals surface area (Å²) in [6.07, 6.45) is 3.26. The monoisotopic (exact) mass is 715 g/mol. The van der Waals surface area contributed by atoms with Crippen LogP contribution in [0.15, 0.2) is 72.1 Å². The average Bonchev–Trinajstić information content (AvgIpc) is 3.70. The fourth-order valence-corrected chi connectivity index (χ4v) is 7.94. The molecule has 51 heavy (non-hydrogen) atoms. The maximum absolute atomic E-state index is 15.1. The summed E-state index contributed by atoms with van der Waals surface area (Å²) in [7, 11) is 0. The van der Waals surface area contributed by atoms with E-state index in [2.05, 4.69) is 22.9 Å². The lowest BCUT2D eigenvalue weighted by Crippen LogP contribution is -2.56. The number of carbonyl (C=O) groups is 4. The Bertz CT molecular complexity index is 1660. The standard InChI is InChI=1S/C41H53N3O6S/c1-25(2)22-33(37(46)44-42)35(38(47)50-40(6,7)8)41(23-26(3)4,20-19-28-14-13-21-51-28)36(45)27(5)43-39(48)49-24-34-31-17-11-9-15-29(31)30-16-10-12-18-32(30)34/h9-21,25-27,33-35H,22-24,42H2,1-8H3,(H,43,48)(H,44,46)/b20-19+/t27-,33-,35?,41?/m1/s1. The van der Waals surface area contributed by atoms with Crippen molar-refractivity contribution >= 4 is 41.2 Å². The number of rotatable bonds is 15. The van der Waals surface area contributed by atoms with Gasteiger partial charge in [-0.3, -0.25) is 19.8 Å². The molecule has 1 heterocycles. The molecule has 1 aliphatic carbocycles. The topological polar surface area (TPSA) is 137 Å². The van der Waals surface area contributed by atoms with Crippen LogP contribution >= 0.6 is 11.3 Å². The zero-order valence-corrected chi connectivity index (χ0v) is 31.8. The van der Waals surface area contributed by atoms with Gasteiger partial charge in [-0.25, -0.2) is 10.6 Å². The summed E-state index contributed by atoms with van der Waals surface area (Å²) < 4.78 is 11.8. The predicted molar refractivity (Wildman–Crippen MR) is 203 cm³/mol. The minimum atomic E-state index is -1.58. The Labute approximate surface area is 306 Å². The minimum Gasteiger partial charge on any atom is -0.460 e. The van der Waals surface area contributed by atoms with E-state index in [1.165, 1.54) is 11.3 Å². The molecule has 0 radical (unpaired) electrons. The number of amides is 2. The highest BCUT2D eigenvalue weighted by Crippen LogP contribution is 2.47. The van der Waals surface area contributed by atoms with Crippen molar-refractivity contribution in [2.75, 3.05) is 6.61 Å². The van der Waals surface area contributed by atoms with Crippen molar-refractivity contribution in [2.24, 2.45) is 34.9 Å². The molecule has 2 aromatic carbocycles. The van der Waals surface area contributed by atoms with Gasteiger partial charge in [-0.1, -0.05) is 88.4 Å². The largest absolute Gasteiger partial charge is 0.460 e. The van der Waals surface area contributed by atoms with E-state index in [0.29, 0.717) is 0 Å². The molecule has 274 valence electrons. The number of carbonyl (C=O) groups excluding carboxylic acids is 4. The van der Waals surface area contributed by atoms with Crippen LogP contribution in [0.5, 0.6) is 0 Å². The minimum absolute atomic E-state index is 0.0262. The third-order valence-electron chi connectivity index (χ3n) is 9.19. The fourth-order valence-electron chi connectivity index (χ4n) is 7.32. The number of nitrogens with two attached hydrogens (primary N) is 1. The third-order valence-corrected chi connectivity index (χ3v) is 10.0. The van der Waals surface area contributed by atoms with Crippen molar-refractivity contribution in [3.05, 3.63) is 88.1 Å². The van der Waals surface area contributed by atoms with Crippen LogP contribution in [-0.4, -0.2) is 42.0 Å². The molecule has 0 bridgehead atoms. The van der Waals surface area contributed by atoms with Crippen LogP contribution in [0, 0.1) is 29.1 Å². The van der Waals surface area contributed by atoms with Gasteiger partial charge < -0.3 is 14.8 Å². The zero-order valence-electron chi connectivity index (χ0n) is 31.0. The second-order valence-electron chi connectivity index (χ2n) is 15.3. The van der Waals surface area contributed by atoms with Crippen molar-refractivity contribution in [1.82, 2.24) is 10.7 Å². The summed E-state index contributed by atoms with van der Waals surface area (Å²) in [5.41, 5.74) is 4.11. The van der Waals surface area contributed by atoms with Crippen LogP contribution in [-0.2, 0) is 23.9 Å². The molecule has 3 aromatic rings. The summed E-state index contributed by atoms with van der Waals surface area (Å²) in [6, 6.07) is 18.8. The first-order valence-corrected chi connectivity index (χ1v) is 18.6. The van der Waals surface area contributed by atoms with Gasteiger partial charge in [-0.05, 0) is 92.1 Å². The molecule has 1 aliphatic rings. The van der Waals surface area contributed by atoms with E-state index >= 15 is 4.79 Å². The molecule has 2 amide bonds. The number of thiophene rings is 1. The Balaban J connectivity index is 1.73. The van der Waals surface area contributed by atoms with Gasteiger partial charge in [0.15, 0.2) is 5.78 Å². The Morgan fingerprint density at radius 3 is 2.00 bits per heavy atom. The first kappa shape index (κ1) is 39.5. The zero-order chi connectivity index (χ0) is 37.5. The lowest BCUT2D eigenvalue weighted by Gasteiger charge is -2.43. The smallest absolute Gasteiger partial charge is 0.407 e. The van der Waals surface area contributed by atoms with Gasteiger partial charge in [0.25, 0.3) is 0 Å². The molecule has 4 atom stereocenters. The fraction of sp³-hybridized carbons (Fsp3) is 0.463. The highest BCUT2D eigenvalue weighted by Gasteiger charge is 2.55. The lowest BCUT2D eigenvalue weighted by atomic mass is 9.60. The molecule has 0 aliphatic heterocycles. The molecule has 9 nitrogen and oxygen atoms in total. The Morgan fingerprint density at radius 2 is 1.49 bits per heavy atom. The molecule has 2 unspecified atom stereocenters. The second-order valence-corrected chi connectivity index (χ2v) is 16.3. The van der Waals surface area contributed by atoms with Crippen LogP contribution in [0.2, 0.25) is 0 Å². The van der Waals surface area contributed by atoms with E-state index in [0.717, 1.165) is 27.1 Å². The van der Waals surface area contributed by atoms with Gasteiger partial charge in [0.2, 0.25) is 5.91 Å². The highest BCUT2D eigenvalue weighted by atomic mass is 32.1. The number of hydrogen-bond acceptors (Lipinski definition) is 8. The summed E-state index contributed by atoms with van der Waals surface area (Å²) in [5.74, 6) is 1.47. The Kier molecular flexibility index (Phi) is 13.0. The van der Waals surface area contributed by atoms with Gasteiger partial charge in [-0.15, -0.1) is 11.3 Å². The first-order chi connectivity index (χ1) is 24.1. The highest BCUT2D eigenvalue weighted by molar-refractivity contribution is 7.10. The number of benzene rings is 2. The van der Waals surface area contributed by atoms with E-state index in [9.17, 15) is 14.4 Å². The molecule has 0 saturated heterocycles.